The molecule has 0 bridgehead atoms. The molecule has 0 amide bonds. The summed E-state index contributed by atoms with van der Waals surface area (Å²) in [5, 5.41) is 10.6. The van der Waals surface area contributed by atoms with Crippen molar-refractivity contribution >= 4 is 17.7 Å². The smallest absolute Gasteiger partial charge is 0.343 e. The summed E-state index contributed by atoms with van der Waals surface area (Å²) in [5.41, 5.74) is 3.76. The Kier molecular flexibility index (Phi) is 3.47. The number of allylic oxidation sites excluding steroid dienone is 1. The fourth-order valence-electron chi connectivity index (χ4n) is 2.43. The van der Waals surface area contributed by atoms with E-state index in [-0.39, 0.29) is 11.3 Å². The Balaban J connectivity index is 1.77. The molecule has 0 heterocycles. The largest absolute Gasteiger partial charge is 0.423 e. The molecule has 5 heteroatoms. The average Bonchev–Trinajstić information content (AvgIpc) is 2.86. The fourth-order valence-corrected chi connectivity index (χ4v) is 2.43. The molecule has 2 aromatic carbocycles. The van der Waals surface area contributed by atoms with Gasteiger partial charge in [0.2, 0.25) is 0 Å². The normalized spacial score (nSPS) is 12.5. The lowest BCUT2D eigenvalue weighted by atomic mass is 10.1. The number of hydrogen-bond donors (Lipinski definition) is 0. The van der Waals surface area contributed by atoms with Crippen molar-refractivity contribution in [1.82, 2.24) is 0 Å². The second kappa shape index (κ2) is 5.44. The van der Waals surface area contributed by atoms with Crippen LogP contribution >= 0.6 is 0 Å². The van der Waals surface area contributed by atoms with Gasteiger partial charge in [-0.3, -0.25) is 10.1 Å². The van der Waals surface area contributed by atoms with Crippen LogP contribution in [-0.4, -0.2) is 10.9 Å². The molecule has 0 unspecified atom stereocenters. The Hall–Kier alpha value is -2.95. The van der Waals surface area contributed by atoms with Crippen molar-refractivity contribution in [1.29, 1.82) is 0 Å². The van der Waals surface area contributed by atoms with Crippen molar-refractivity contribution in [3.05, 3.63) is 74.8 Å². The lowest BCUT2D eigenvalue weighted by molar-refractivity contribution is -0.384. The molecule has 5 nitrogen and oxygen atoms in total. The predicted molar refractivity (Wildman–Crippen MR) is 81.9 cm³/mol. The number of benzene rings is 2. The third-order valence-corrected chi connectivity index (χ3v) is 3.51. The predicted octanol–water partition coefficient (Wildman–Crippen LogP) is 3.77. The van der Waals surface area contributed by atoms with Crippen LogP contribution in [0.25, 0.3) is 6.08 Å². The molecule has 0 N–H and O–H groups in total. The van der Waals surface area contributed by atoms with Gasteiger partial charge < -0.3 is 4.74 Å². The molecule has 0 radical (unpaired) electrons. The first-order chi connectivity index (χ1) is 10.5. The number of non-ortho nitro benzene ring substituents is 1. The summed E-state index contributed by atoms with van der Waals surface area (Å²) in [6.07, 6.45) is 2.99. The van der Waals surface area contributed by atoms with Crippen LogP contribution in [0.4, 0.5) is 5.69 Å². The number of rotatable bonds is 3. The lowest BCUT2D eigenvalue weighted by Gasteiger charge is -2.06. The van der Waals surface area contributed by atoms with E-state index in [9.17, 15) is 14.9 Å². The highest BCUT2D eigenvalue weighted by Crippen LogP contribution is 2.28. The molecule has 2 aromatic rings. The van der Waals surface area contributed by atoms with Gasteiger partial charge in [0, 0.05) is 12.1 Å². The number of carbonyl (C=O) groups excluding carboxylic acids is 1. The minimum Gasteiger partial charge on any atom is -0.423 e. The van der Waals surface area contributed by atoms with Crippen molar-refractivity contribution in [3.63, 3.8) is 0 Å². The second-order valence-corrected chi connectivity index (χ2v) is 5.22. The standard InChI is InChI=1S/C17H13NO4/c1-11-8-13-4-7-16(10-14(13)9-11)22-17(19)12-2-5-15(6-3-12)18(20)21/h2-7,9-10H,8H2,1H3. The van der Waals surface area contributed by atoms with E-state index < -0.39 is 10.9 Å². The fraction of sp³-hybridized carbons (Fsp3) is 0.118. The maximum absolute atomic E-state index is 12.1. The van der Waals surface area contributed by atoms with Gasteiger partial charge in [-0.1, -0.05) is 17.7 Å². The summed E-state index contributed by atoms with van der Waals surface area (Å²) in [7, 11) is 0. The highest BCUT2D eigenvalue weighted by Gasteiger charge is 2.14. The number of esters is 1. The zero-order chi connectivity index (χ0) is 15.7. The molecule has 3 rings (SSSR count). The van der Waals surface area contributed by atoms with E-state index in [1.807, 2.05) is 12.1 Å². The molecule has 0 fully saturated rings. The van der Waals surface area contributed by atoms with E-state index in [0.29, 0.717) is 5.75 Å². The van der Waals surface area contributed by atoms with Crippen LogP contribution in [0.1, 0.15) is 28.4 Å². The molecule has 0 saturated heterocycles. The molecular weight excluding hydrogens is 282 g/mol. The molecule has 0 aliphatic heterocycles. The highest BCUT2D eigenvalue weighted by molar-refractivity contribution is 5.91. The number of hydrogen-bond acceptors (Lipinski definition) is 4. The van der Waals surface area contributed by atoms with Crippen molar-refractivity contribution in [3.8, 4) is 5.75 Å². The van der Waals surface area contributed by atoms with E-state index in [1.165, 1.54) is 35.4 Å². The van der Waals surface area contributed by atoms with E-state index in [0.717, 1.165) is 12.0 Å². The summed E-state index contributed by atoms with van der Waals surface area (Å²) < 4.78 is 5.32. The Labute approximate surface area is 127 Å². The number of ether oxygens (including phenoxy) is 1. The van der Waals surface area contributed by atoms with Gasteiger partial charge in [0.25, 0.3) is 5.69 Å². The summed E-state index contributed by atoms with van der Waals surface area (Å²) >= 11 is 0. The quantitative estimate of drug-likeness (QED) is 0.374. The molecule has 1 aliphatic carbocycles. The maximum Gasteiger partial charge on any atom is 0.343 e. The zero-order valence-electron chi connectivity index (χ0n) is 11.9. The molecule has 0 saturated carbocycles. The molecular formula is C17H13NO4. The first kappa shape index (κ1) is 14.0. The topological polar surface area (TPSA) is 69.4 Å². The molecule has 0 spiro atoms. The Morgan fingerprint density at radius 3 is 2.59 bits per heavy atom. The van der Waals surface area contributed by atoms with Crippen LogP contribution in [0.3, 0.4) is 0 Å². The van der Waals surface area contributed by atoms with Gasteiger partial charge in [-0.25, -0.2) is 4.79 Å². The van der Waals surface area contributed by atoms with Crippen LogP contribution in [0.2, 0.25) is 0 Å². The van der Waals surface area contributed by atoms with Crippen LogP contribution in [-0.2, 0) is 6.42 Å². The summed E-state index contributed by atoms with van der Waals surface area (Å²) in [6, 6.07) is 10.9. The Morgan fingerprint density at radius 2 is 1.91 bits per heavy atom. The molecule has 110 valence electrons. The van der Waals surface area contributed by atoms with Crippen LogP contribution in [0, 0.1) is 10.1 Å². The number of fused-ring (bicyclic) bond motifs is 1. The first-order valence-corrected chi connectivity index (χ1v) is 6.79. The minimum atomic E-state index is -0.534. The van der Waals surface area contributed by atoms with Crippen LogP contribution in [0.15, 0.2) is 48.0 Å². The third-order valence-electron chi connectivity index (χ3n) is 3.51. The van der Waals surface area contributed by atoms with Gasteiger partial charge >= 0.3 is 5.97 Å². The van der Waals surface area contributed by atoms with Gasteiger partial charge in [0.05, 0.1) is 10.5 Å². The van der Waals surface area contributed by atoms with Gasteiger partial charge in [0.15, 0.2) is 0 Å². The van der Waals surface area contributed by atoms with Crippen LogP contribution in [0.5, 0.6) is 5.75 Å². The Morgan fingerprint density at radius 1 is 1.18 bits per heavy atom. The second-order valence-electron chi connectivity index (χ2n) is 5.22. The summed E-state index contributed by atoms with van der Waals surface area (Å²) in [6.45, 7) is 2.06. The van der Waals surface area contributed by atoms with Crippen molar-refractivity contribution in [2.45, 2.75) is 13.3 Å². The molecule has 22 heavy (non-hydrogen) atoms. The average molecular weight is 295 g/mol. The number of nitrogens with zero attached hydrogens (tertiary/aromatic N) is 1. The van der Waals surface area contributed by atoms with Gasteiger partial charge in [-0.15, -0.1) is 0 Å². The Bertz CT molecular complexity index is 791. The van der Waals surface area contributed by atoms with E-state index in [1.54, 1.807) is 6.07 Å². The lowest BCUT2D eigenvalue weighted by Crippen LogP contribution is -2.08. The zero-order valence-corrected chi connectivity index (χ0v) is 11.9. The number of nitro groups is 1. The number of carbonyl (C=O) groups is 1. The highest BCUT2D eigenvalue weighted by atomic mass is 16.6. The maximum atomic E-state index is 12.1. The van der Waals surface area contributed by atoms with Crippen LogP contribution < -0.4 is 4.74 Å². The van der Waals surface area contributed by atoms with Crippen molar-refractivity contribution in [2.24, 2.45) is 0 Å². The number of nitro benzene ring substituents is 1. The van der Waals surface area contributed by atoms with E-state index >= 15 is 0 Å². The molecule has 0 aromatic heterocycles. The van der Waals surface area contributed by atoms with Crippen molar-refractivity contribution in [2.75, 3.05) is 0 Å². The van der Waals surface area contributed by atoms with Gasteiger partial charge in [-0.2, -0.15) is 0 Å². The third kappa shape index (κ3) is 2.74. The van der Waals surface area contributed by atoms with E-state index in [2.05, 4.69) is 13.0 Å². The molecule has 1 aliphatic rings. The van der Waals surface area contributed by atoms with Gasteiger partial charge in [0.1, 0.15) is 5.75 Å². The molecule has 0 atom stereocenters. The van der Waals surface area contributed by atoms with E-state index in [4.69, 9.17) is 4.74 Å². The summed E-state index contributed by atoms with van der Waals surface area (Å²) in [5.74, 6) is -0.0680. The monoisotopic (exact) mass is 295 g/mol. The SMILES string of the molecule is CC1=Cc2cc(OC(=O)c3ccc([N+](=O)[O-])cc3)ccc2C1. The minimum absolute atomic E-state index is 0.0605. The summed E-state index contributed by atoms with van der Waals surface area (Å²) in [4.78, 5) is 22.1. The van der Waals surface area contributed by atoms with Gasteiger partial charge in [-0.05, 0) is 48.7 Å². The first-order valence-electron chi connectivity index (χ1n) is 6.79. The van der Waals surface area contributed by atoms with Crippen molar-refractivity contribution < 1.29 is 14.5 Å².